The fourth-order valence-corrected chi connectivity index (χ4v) is 2.78. The number of halogens is 1. The Kier molecular flexibility index (Phi) is 3.61. The van der Waals surface area contributed by atoms with Gasteiger partial charge in [0.2, 0.25) is 0 Å². The molecule has 0 radical (unpaired) electrons. The molecule has 3 aromatic rings. The number of aromatic amines is 1. The van der Waals surface area contributed by atoms with Gasteiger partial charge in [0, 0.05) is 28.9 Å². The van der Waals surface area contributed by atoms with Crippen molar-refractivity contribution in [2.75, 3.05) is 14.1 Å². The molecule has 20 heavy (non-hydrogen) atoms. The minimum absolute atomic E-state index is 0.256. The highest BCUT2D eigenvalue weighted by Gasteiger charge is 2.10. The Morgan fingerprint density at radius 2 is 2.05 bits per heavy atom. The van der Waals surface area contributed by atoms with Crippen LogP contribution < -0.4 is 10.6 Å². The van der Waals surface area contributed by atoms with Crippen molar-refractivity contribution in [1.29, 1.82) is 0 Å². The lowest BCUT2D eigenvalue weighted by atomic mass is 10.1. The molecule has 0 aliphatic heterocycles. The summed E-state index contributed by atoms with van der Waals surface area (Å²) in [5.41, 5.74) is 3.16. The third kappa shape index (κ3) is 2.26. The first kappa shape index (κ1) is 13.4. The Morgan fingerprint density at radius 1 is 1.25 bits per heavy atom. The van der Waals surface area contributed by atoms with Crippen molar-refractivity contribution in [3.8, 4) is 0 Å². The first-order valence-corrected chi connectivity index (χ1v) is 7.00. The smallest absolute Gasteiger partial charge is 0.139 e. The Balaban J connectivity index is 2.12. The molecule has 0 spiro atoms. The van der Waals surface area contributed by atoms with Gasteiger partial charge >= 0.3 is 0 Å². The number of rotatable bonds is 4. The van der Waals surface area contributed by atoms with E-state index in [0.717, 1.165) is 33.4 Å². The summed E-state index contributed by atoms with van der Waals surface area (Å²) in [6.07, 6.45) is 2.89. The molecular formula is C15H17ClN4. The highest BCUT2D eigenvalue weighted by atomic mass is 35.5. The van der Waals surface area contributed by atoms with Crippen molar-refractivity contribution in [3.05, 3.63) is 41.0 Å². The summed E-state index contributed by atoms with van der Waals surface area (Å²) in [6.45, 7) is 0. The molecule has 0 aliphatic rings. The second-order valence-electron chi connectivity index (χ2n) is 4.86. The lowest BCUT2D eigenvalue weighted by molar-refractivity contribution is 0.493. The average molecular weight is 289 g/mol. The summed E-state index contributed by atoms with van der Waals surface area (Å²) in [6, 6.07) is 8.23. The van der Waals surface area contributed by atoms with Crippen molar-refractivity contribution >= 4 is 33.5 Å². The number of nitrogens with zero attached hydrogens (tertiary/aromatic N) is 1. The molecule has 4 nitrogen and oxygen atoms in total. The number of aromatic nitrogens is 2. The first-order chi connectivity index (χ1) is 9.72. The van der Waals surface area contributed by atoms with Gasteiger partial charge in [0.1, 0.15) is 5.65 Å². The summed E-state index contributed by atoms with van der Waals surface area (Å²) < 4.78 is 0. The molecule has 1 aromatic carbocycles. The van der Waals surface area contributed by atoms with Gasteiger partial charge in [-0.25, -0.2) is 4.98 Å². The number of likely N-dealkylation sites (N-methyl/N-ethyl adjacent to an activating group) is 2. The molecule has 0 amide bonds. The van der Waals surface area contributed by atoms with Crippen LogP contribution in [0.5, 0.6) is 0 Å². The zero-order chi connectivity index (χ0) is 14.1. The largest absolute Gasteiger partial charge is 0.339 e. The van der Waals surface area contributed by atoms with Gasteiger partial charge in [-0.2, -0.15) is 0 Å². The normalized spacial score (nSPS) is 11.8. The third-order valence-electron chi connectivity index (χ3n) is 3.64. The monoisotopic (exact) mass is 288 g/mol. The number of hydrogen-bond donors (Lipinski definition) is 3. The summed E-state index contributed by atoms with van der Waals surface area (Å²) in [5.74, 6) is 0. The SMILES string of the molecule is CNC(Cc1ccc2[nH]c3nccc(Cl)c3c2c1)NC. The molecule has 0 bridgehead atoms. The van der Waals surface area contributed by atoms with E-state index >= 15 is 0 Å². The van der Waals surface area contributed by atoms with Crippen LogP contribution in [-0.2, 0) is 6.42 Å². The van der Waals surface area contributed by atoms with Crippen LogP contribution in [0, 0.1) is 0 Å². The fraction of sp³-hybridized carbons (Fsp3) is 0.267. The molecule has 3 rings (SSSR count). The quantitative estimate of drug-likeness (QED) is 0.647. The number of nitrogens with one attached hydrogen (secondary N) is 3. The number of H-pyrrole nitrogens is 1. The minimum Gasteiger partial charge on any atom is -0.339 e. The molecule has 0 aliphatic carbocycles. The second kappa shape index (κ2) is 5.40. The van der Waals surface area contributed by atoms with E-state index in [-0.39, 0.29) is 6.17 Å². The van der Waals surface area contributed by atoms with Gasteiger partial charge in [0.05, 0.1) is 11.2 Å². The van der Waals surface area contributed by atoms with Crippen LogP contribution >= 0.6 is 11.6 Å². The summed E-state index contributed by atoms with van der Waals surface area (Å²) in [7, 11) is 3.90. The van der Waals surface area contributed by atoms with Gasteiger partial charge in [0.25, 0.3) is 0 Å². The molecule has 0 saturated heterocycles. The van der Waals surface area contributed by atoms with E-state index in [4.69, 9.17) is 11.6 Å². The molecule has 2 heterocycles. The highest BCUT2D eigenvalue weighted by molar-refractivity contribution is 6.37. The van der Waals surface area contributed by atoms with Crippen molar-refractivity contribution in [2.24, 2.45) is 0 Å². The van der Waals surface area contributed by atoms with Crippen molar-refractivity contribution in [1.82, 2.24) is 20.6 Å². The van der Waals surface area contributed by atoms with E-state index in [1.165, 1.54) is 5.56 Å². The summed E-state index contributed by atoms with van der Waals surface area (Å²) in [4.78, 5) is 7.64. The van der Waals surface area contributed by atoms with E-state index < -0.39 is 0 Å². The third-order valence-corrected chi connectivity index (χ3v) is 3.96. The molecule has 5 heteroatoms. The van der Waals surface area contributed by atoms with Crippen LogP contribution in [0.4, 0.5) is 0 Å². The van der Waals surface area contributed by atoms with Gasteiger partial charge in [-0.3, -0.25) is 0 Å². The maximum absolute atomic E-state index is 6.31. The van der Waals surface area contributed by atoms with Crippen molar-refractivity contribution < 1.29 is 0 Å². The van der Waals surface area contributed by atoms with Crippen LogP contribution in [0.3, 0.4) is 0 Å². The predicted octanol–water partition coefficient (Wildman–Crippen LogP) is 2.68. The lowest BCUT2D eigenvalue weighted by Crippen LogP contribution is -2.39. The van der Waals surface area contributed by atoms with Gasteiger partial charge in [-0.1, -0.05) is 17.7 Å². The van der Waals surface area contributed by atoms with Gasteiger partial charge in [-0.05, 0) is 37.9 Å². The van der Waals surface area contributed by atoms with Gasteiger partial charge < -0.3 is 15.6 Å². The predicted molar refractivity (Wildman–Crippen MR) is 84.2 cm³/mol. The van der Waals surface area contributed by atoms with Gasteiger partial charge in [0.15, 0.2) is 0 Å². The Hall–Kier alpha value is -1.62. The van der Waals surface area contributed by atoms with E-state index in [9.17, 15) is 0 Å². The van der Waals surface area contributed by atoms with E-state index in [1.807, 2.05) is 20.2 Å². The van der Waals surface area contributed by atoms with Crippen LogP contribution in [-0.4, -0.2) is 30.2 Å². The zero-order valence-corrected chi connectivity index (χ0v) is 12.3. The van der Waals surface area contributed by atoms with Crippen molar-refractivity contribution in [3.63, 3.8) is 0 Å². The van der Waals surface area contributed by atoms with E-state index in [2.05, 4.69) is 38.8 Å². The topological polar surface area (TPSA) is 52.7 Å². The maximum atomic E-state index is 6.31. The molecule has 0 atom stereocenters. The second-order valence-corrected chi connectivity index (χ2v) is 5.26. The molecule has 0 unspecified atom stereocenters. The summed E-state index contributed by atoms with van der Waals surface area (Å²) in [5, 5.41) is 9.32. The number of hydrogen-bond acceptors (Lipinski definition) is 3. The maximum Gasteiger partial charge on any atom is 0.139 e. The summed E-state index contributed by atoms with van der Waals surface area (Å²) >= 11 is 6.31. The molecule has 0 fully saturated rings. The van der Waals surface area contributed by atoms with Crippen LogP contribution in [0.25, 0.3) is 21.9 Å². The van der Waals surface area contributed by atoms with Gasteiger partial charge in [-0.15, -0.1) is 0 Å². The van der Waals surface area contributed by atoms with E-state index in [0.29, 0.717) is 0 Å². The average Bonchev–Trinajstić information content (AvgIpc) is 2.83. The van der Waals surface area contributed by atoms with E-state index in [1.54, 1.807) is 6.20 Å². The van der Waals surface area contributed by atoms with Crippen LogP contribution in [0.1, 0.15) is 5.56 Å². The molecule has 104 valence electrons. The number of fused-ring (bicyclic) bond motifs is 3. The Morgan fingerprint density at radius 3 is 2.80 bits per heavy atom. The Labute approximate surface area is 122 Å². The highest BCUT2D eigenvalue weighted by Crippen LogP contribution is 2.30. The molecule has 3 N–H and O–H groups in total. The first-order valence-electron chi connectivity index (χ1n) is 6.62. The lowest BCUT2D eigenvalue weighted by Gasteiger charge is -2.15. The number of pyridine rings is 1. The minimum atomic E-state index is 0.256. The molecular weight excluding hydrogens is 272 g/mol. The standard InChI is InChI=1S/C15H17ClN4/c1-17-13(18-2)8-9-3-4-12-10(7-9)14-11(16)5-6-19-15(14)20-12/h3-7,13,17-18H,8H2,1-2H3,(H,19,20). The molecule has 0 saturated carbocycles. The van der Waals surface area contributed by atoms with Crippen molar-refractivity contribution in [2.45, 2.75) is 12.6 Å². The zero-order valence-electron chi connectivity index (χ0n) is 11.5. The fourth-order valence-electron chi connectivity index (χ4n) is 2.54. The van der Waals surface area contributed by atoms with Crippen LogP contribution in [0.2, 0.25) is 5.02 Å². The van der Waals surface area contributed by atoms with Crippen LogP contribution in [0.15, 0.2) is 30.5 Å². The number of benzene rings is 1. The Bertz CT molecular complexity index is 746. The molecule has 2 aromatic heterocycles.